The van der Waals surface area contributed by atoms with E-state index in [2.05, 4.69) is 21.2 Å². The molecule has 0 amide bonds. The summed E-state index contributed by atoms with van der Waals surface area (Å²) in [5.41, 5.74) is -0.709. The van der Waals surface area contributed by atoms with Crippen molar-refractivity contribution < 1.29 is 13.7 Å². The first kappa shape index (κ1) is 14.1. The van der Waals surface area contributed by atoms with E-state index in [4.69, 9.17) is 0 Å². The van der Waals surface area contributed by atoms with Crippen LogP contribution >= 0.6 is 15.9 Å². The van der Waals surface area contributed by atoms with E-state index < -0.39 is 26.7 Å². The van der Waals surface area contributed by atoms with Crippen LogP contribution in [0.15, 0.2) is 10.5 Å². The predicted molar refractivity (Wildman–Crippen MR) is 70.4 cm³/mol. The Morgan fingerprint density at radius 2 is 2.26 bits per heavy atom. The molecule has 1 aliphatic rings. The van der Waals surface area contributed by atoms with Gasteiger partial charge in [0.05, 0.1) is 9.40 Å². The summed E-state index contributed by atoms with van der Waals surface area (Å²) in [5, 5.41) is 14.2. The molecule has 0 radical (unpaired) electrons. The summed E-state index contributed by atoms with van der Waals surface area (Å²) in [6.07, 6.45) is 0. The molecule has 19 heavy (non-hydrogen) atoms. The molecule has 1 heterocycles. The van der Waals surface area contributed by atoms with Gasteiger partial charge in [0, 0.05) is 31.7 Å². The number of hydrogen-bond acceptors (Lipinski definition) is 4. The fourth-order valence-electron chi connectivity index (χ4n) is 2.14. The molecule has 1 fully saturated rings. The van der Waals surface area contributed by atoms with Crippen molar-refractivity contribution in [2.75, 3.05) is 24.5 Å². The molecule has 0 bridgehead atoms. The number of hydrogen-bond donors (Lipinski definition) is 1. The third-order valence-electron chi connectivity index (χ3n) is 3.01. The maximum Gasteiger partial charge on any atom is 0.329 e. The summed E-state index contributed by atoms with van der Waals surface area (Å²) in [4.78, 5) is 11.8. The molecule has 1 aromatic rings. The fraction of sp³-hybridized carbons (Fsp3) is 0.455. The van der Waals surface area contributed by atoms with Crippen molar-refractivity contribution in [3.8, 4) is 0 Å². The lowest BCUT2D eigenvalue weighted by Crippen LogP contribution is -2.49. The first-order valence-corrected chi connectivity index (χ1v) is 6.51. The SMILES string of the molecule is CC1CN(c2cc(F)c(Br)c(F)c2[N+](=O)[O-])CCN1. The van der Waals surface area contributed by atoms with Gasteiger partial charge in [0.15, 0.2) is 0 Å². The molecule has 8 heteroatoms. The number of rotatable bonds is 2. The highest BCUT2D eigenvalue weighted by Gasteiger charge is 2.30. The minimum absolute atomic E-state index is 0.0171. The molecule has 5 nitrogen and oxygen atoms in total. The van der Waals surface area contributed by atoms with Crippen LogP contribution < -0.4 is 10.2 Å². The lowest BCUT2D eigenvalue weighted by molar-refractivity contribution is -0.386. The zero-order valence-corrected chi connectivity index (χ0v) is 11.7. The molecule has 1 N–H and O–H groups in total. The molecule has 1 unspecified atom stereocenters. The maximum absolute atomic E-state index is 13.9. The molecular formula is C11H12BrF2N3O2. The minimum Gasteiger partial charge on any atom is -0.363 e. The lowest BCUT2D eigenvalue weighted by Gasteiger charge is -2.33. The van der Waals surface area contributed by atoms with E-state index in [1.54, 1.807) is 4.90 Å². The molecule has 1 aliphatic heterocycles. The van der Waals surface area contributed by atoms with Crippen molar-refractivity contribution in [1.29, 1.82) is 0 Å². The van der Waals surface area contributed by atoms with Crippen molar-refractivity contribution in [3.63, 3.8) is 0 Å². The maximum atomic E-state index is 13.9. The third kappa shape index (κ3) is 2.69. The number of benzene rings is 1. The summed E-state index contributed by atoms with van der Waals surface area (Å²) in [7, 11) is 0. The lowest BCUT2D eigenvalue weighted by atomic mass is 10.1. The number of piperazine rings is 1. The molecule has 0 aromatic heterocycles. The van der Waals surface area contributed by atoms with E-state index in [-0.39, 0.29) is 11.7 Å². The highest BCUT2D eigenvalue weighted by Crippen LogP contribution is 2.37. The van der Waals surface area contributed by atoms with Gasteiger partial charge in [-0.2, -0.15) is 4.39 Å². The quantitative estimate of drug-likeness (QED) is 0.512. The van der Waals surface area contributed by atoms with Crippen LogP contribution in [0.25, 0.3) is 0 Å². The van der Waals surface area contributed by atoms with Crippen molar-refractivity contribution in [1.82, 2.24) is 5.32 Å². The summed E-state index contributed by atoms with van der Waals surface area (Å²) < 4.78 is 26.9. The van der Waals surface area contributed by atoms with Crippen LogP contribution in [0.5, 0.6) is 0 Å². The first-order valence-electron chi connectivity index (χ1n) is 5.72. The number of nitro benzene ring substituents is 1. The number of anilines is 1. The Bertz CT molecular complexity index is 527. The second-order valence-electron chi connectivity index (χ2n) is 4.41. The van der Waals surface area contributed by atoms with Crippen LogP contribution in [0.1, 0.15) is 6.92 Å². The van der Waals surface area contributed by atoms with E-state index >= 15 is 0 Å². The van der Waals surface area contributed by atoms with Crippen LogP contribution in [0, 0.1) is 21.7 Å². The monoisotopic (exact) mass is 335 g/mol. The van der Waals surface area contributed by atoms with Gasteiger partial charge < -0.3 is 10.2 Å². The van der Waals surface area contributed by atoms with Gasteiger partial charge in [-0.3, -0.25) is 10.1 Å². The van der Waals surface area contributed by atoms with Gasteiger partial charge in [-0.15, -0.1) is 0 Å². The summed E-state index contributed by atoms with van der Waals surface area (Å²) in [5.74, 6) is -2.02. The average molecular weight is 336 g/mol. The molecule has 0 spiro atoms. The molecular weight excluding hydrogens is 324 g/mol. The molecule has 1 aromatic carbocycles. The van der Waals surface area contributed by atoms with Gasteiger partial charge >= 0.3 is 5.69 Å². The zero-order chi connectivity index (χ0) is 14.2. The Kier molecular flexibility index (Phi) is 4.00. The Morgan fingerprint density at radius 3 is 2.84 bits per heavy atom. The number of halogens is 3. The van der Waals surface area contributed by atoms with Crippen molar-refractivity contribution in [2.45, 2.75) is 13.0 Å². The third-order valence-corrected chi connectivity index (χ3v) is 3.74. The topological polar surface area (TPSA) is 58.4 Å². The Labute approximate surface area is 116 Å². The molecule has 104 valence electrons. The minimum atomic E-state index is -1.17. The normalized spacial score (nSPS) is 19.6. The Balaban J connectivity index is 2.52. The van der Waals surface area contributed by atoms with Gasteiger partial charge in [-0.05, 0) is 22.9 Å². The first-order chi connectivity index (χ1) is 8.91. The van der Waals surface area contributed by atoms with Gasteiger partial charge in [0.1, 0.15) is 11.5 Å². The van der Waals surface area contributed by atoms with Crippen molar-refractivity contribution in [3.05, 3.63) is 32.3 Å². The van der Waals surface area contributed by atoms with Crippen LogP contribution in [0.2, 0.25) is 0 Å². The van der Waals surface area contributed by atoms with E-state index in [1.807, 2.05) is 6.92 Å². The standard InChI is InChI=1S/C11H12BrF2N3O2/c1-6-5-16(3-2-15-6)8-4-7(13)9(12)10(14)11(8)17(18)19/h4,6,15H,2-3,5H2,1H3. The largest absolute Gasteiger partial charge is 0.363 e. The zero-order valence-electron chi connectivity index (χ0n) is 10.1. The summed E-state index contributed by atoms with van der Waals surface area (Å²) in [6, 6.07) is 1.10. The van der Waals surface area contributed by atoms with Crippen LogP contribution in [0.4, 0.5) is 20.2 Å². The van der Waals surface area contributed by atoms with Crippen molar-refractivity contribution in [2.24, 2.45) is 0 Å². The van der Waals surface area contributed by atoms with Crippen LogP contribution in [0.3, 0.4) is 0 Å². The van der Waals surface area contributed by atoms with Gasteiger partial charge in [-0.25, -0.2) is 4.39 Å². The second kappa shape index (κ2) is 5.38. The Morgan fingerprint density at radius 1 is 1.58 bits per heavy atom. The highest BCUT2D eigenvalue weighted by atomic mass is 79.9. The highest BCUT2D eigenvalue weighted by molar-refractivity contribution is 9.10. The van der Waals surface area contributed by atoms with Crippen LogP contribution in [-0.2, 0) is 0 Å². The molecule has 1 atom stereocenters. The smallest absolute Gasteiger partial charge is 0.329 e. The van der Waals surface area contributed by atoms with Crippen molar-refractivity contribution >= 4 is 27.3 Å². The predicted octanol–water partition coefficient (Wildman–Crippen LogP) is 2.43. The van der Waals surface area contributed by atoms with Gasteiger partial charge in [0.2, 0.25) is 5.82 Å². The Hall–Kier alpha value is -1.28. The molecule has 2 rings (SSSR count). The molecule has 0 aliphatic carbocycles. The number of nitrogens with one attached hydrogen (secondary N) is 1. The molecule has 0 saturated carbocycles. The van der Waals surface area contributed by atoms with Crippen LogP contribution in [-0.4, -0.2) is 30.6 Å². The number of nitro groups is 1. The summed E-state index contributed by atoms with van der Waals surface area (Å²) in [6.45, 7) is 3.44. The number of nitrogens with zero attached hydrogens (tertiary/aromatic N) is 2. The van der Waals surface area contributed by atoms with E-state index in [0.717, 1.165) is 6.07 Å². The van der Waals surface area contributed by atoms with E-state index in [1.165, 1.54) is 0 Å². The average Bonchev–Trinajstić information content (AvgIpc) is 2.35. The fourth-order valence-corrected chi connectivity index (χ4v) is 2.44. The van der Waals surface area contributed by atoms with Gasteiger partial charge in [-0.1, -0.05) is 0 Å². The summed E-state index contributed by atoms with van der Waals surface area (Å²) >= 11 is 2.68. The molecule has 1 saturated heterocycles. The van der Waals surface area contributed by atoms with Gasteiger partial charge in [0.25, 0.3) is 0 Å². The van der Waals surface area contributed by atoms with E-state index in [0.29, 0.717) is 19.6 Å². The second-order valence-corrected chi connectivity index (χ2v) is 5.21. The van der Waals surface area contributed by atoms with E-state index in [9.17, 15) is 18.9 Å².